The fourth-order valence-corrected chi connectivity index (χ4v) is 15.1. The average molecular weight is 1250 g/mol. The molecule has 9 nitrogen and oxygen atoms in total. The summed E-state index contributed by atoms with van der Waals surface area (Å²) in [7, 11) is 0. The van der Waals surface area contributed by atoms with Crippen LogP contribution in [0.2, 0.25) is 0 Å². The smallest absolute Gasteiger partial charge is 0.164 e. The molecule has 6 aromatic heterocycles. The number of thiophene rings is 1. The molecule has 10 heteroatoms. The van der Waals surface area contributed by atoms with Crippen LogP contribution in [0.15, 0.2) is 320 Å². The van der Waals surface area contributed by atoms with Crippen molar-refractivity contribution >= 4 is 119 Å². The number of hydrogen-bond donors (Lipinski definition) is 0. The van der Waals surface area contributed by atoms with Crippen LogP contribution in [0.4, 0.5) is 0 Å². The van der Waals surface area contributed by atoms with Gasteiger partial charge in [-0.15, -0.1) is 11.3 Å². The van der Waals surface area contributed by atoms with Crippen LogP contribution < -0.4 is 0 Å². The predicted molar refractivity (Wildman–Crippen MR) is 396 cm³/mol. The Morgan fingerprint density at radius 3 is 1.05 bits per heavy atom. The maximum atomic E-state index is 6.49. The van der Waals surface area contributed by atoms with E-state index in [0.29, 0.717) is 34.9 Å². The Morgan fingerprint density at radius 2 is 0.594 bits per heavy atom. The fraction of sp³-hybridized carbons (Fsp3) is 0. The molecule has 20 rings (SSSR count). The highest BCUT2D eigenvalue weighted by atomic mass is 32.1. The summed E-state index contributed by atoms with van der Waals surface area (Å²) in [5, 5.41) is 14.8. The van der Waals surface area contributed by atoms with Gasteiger partial charge in [-0.3, -0.25) is 0 Å². The lowest BCUT2D eigenvalue weighted by molar-refractivity contribution is 0.669. The Labute approximate surface area is 553 Å². The Bertz CT molecular complexity index is 5910. The van der Waals surface area contributed by atoms with E-state index in [0.717, 1.165) is 77.7 Å². The van der Waals surface area contributed by atoms with Crippen molar-refractivity contribution in [2.45, 2.75) is 0 Å². The van der Waals surface area contributed by atoms with Gasteiger partial charge >= 0.3 is 0 Å². The van der Waals surface area contributed by atoms with Gasteiger partial charge in [-0.25, -0.2) is 29.9 Å². The highest BCUT2D eigenvalue weighted by Crippen LogP contribution is 2.45. The van der Waals surface area contributed by atoms with Crippen LogP contribution in [-0.2, 0) is 0 Å². The second-order valence-electron chi connectivity index (χ2n) is 24.1. The van der Waals surface area contributed by atoms with E-state index in [-0.39, 0.29) is 0 Å². The zero-order valence-electron chi connectivity index (χ0n) is 51.4. The van der Waals surface area contributed by atoms with Crippen LogP contribution in [-0.4, -0.2) is 39.0 Å². The van der Waals surface area contributed by atoms with Gasteiger partial charge in [-0.2, -0.15) is 0 Å². The molecule has 20 aromatic rings. The monoisotopic (exact) mass is 1240 g/mol. The third-order valence-electron chi connectivity index (χ3n) is 18.5. The number of fused-ring (bicyclic) bond motifs is 16. The first-order valence-electron chi connectivity index (χ1n) is 32.1. The van der Waals surface area contributed by atoms with Crippen LogP contribution in [0.1, 0.15) is 0 Å². The first-order chi connectivity index (χ1) is 47.6. The molecular formula is C86H52N8OS. The highest BCUT2D eigenvalue weighted by Gasteiger charge is 2.21. The molecule has 0 unspecified atom stereocenters. The van der Waals surface area contributed by atoms with Gasteiger partial charge < -0.3 is 13.6 Å². The summed E-state index contributed by atoms with van der Waals surface area (Å²) in [6, 6.07) is 110. The summed E-state index contributed by atoms with van der Waals surface area (Å²) >= 11 is 1.87. The quantitative estimate of drug-likeness (QED) is 0.149. The lowest BCUT2D eigenvalue weighted by Gasteiger charge is -2.11. The van der Waals surface area contributed by atoms with Gasteiger partial charge in [-0.05, 0) is 113 Å². The summed E-state index contributed by atoms with van der Waals surface area (Å²) in [6.07, 6.45) is 0. The van der Waals surface area contributed by atoms with E-state index in [1.54, 1.807) is 0 Å². The Morgan fingerprint density at radius 1 is 0.229 bits per heavy atom. The molecule has 0 amide bonds. The number of aromatic nitrogens is 8. The number of furan rings is 1. The van der Waals surface area contributed by atoms with Gasteiger partial charge in [0.2, 0.25) is 0 Å². The van der Waals surface area contributed by atoms with Gasteiger partial charge in [0.05, 0.1) is 22.1 Å². The third-order valence-corrected chi connectivity index (χ3v) is 19.6. The summed E-state index contributed by atoms with van der Waals surface area (Å²) in [4.78, 5) is 29.4. The zero-order valence-corrected chi connectivity index (χ0v) is 52.2. The van der Waals surface area contributed by atoms with E-state index in [1.807, 2.05) is 133 Å². The average Bonchev–Trinajstić information content (AvgIpc) is 1.57. The van der Waals surface area contributed by atoms with Crippen LogP contribution in [0, 0.1) is 0 Å². The molecule has 0 fully saturated rings. The van der Waals surface area contributed by atoms with Gasteiger partial charge in [0.25, 0.3) is 0 Å². The Kier molecular flexibility index (Phi) is 12.9. The number of rotatable bonds is 8. The van der Waals surface area contributed by atoms with Crippen molar-refractivity contribution in [3.05, 3.63) is 315 Å². The minimum Gasteiger partial charge on any atom is -0.456 e. The van der Waals surface area contributed by atoms with E-state index in [9.17, 15) is 0 Å². The predicted octanol–water partition coefficient (Wildman–Crippen LogP) is 22.5. The summed E-state index contributed by atoms with van der Waals surface area (Å²) in [6.45, 7) is 0. The van der Waals surface area contributed by atoms with Crippen LogP contribution in [0.3, 0.4) is 0 Å². The molecular weight excluding hydrogens is 1190 g/mol. The SMILES string of the molecule is c1ccc(-c2nc(-c3ccccc3)nc(-c3ccc(-n4c5ccccc5c5cc6c(cc54)oc4ccc5ccccc5c46)cc3)n2)cc1.c1ccc(-c2nc(-c3ccccc3)nc(-c3ccc(-n4c5ccccc5c5cc6c(cc54)sc4ccc5ccccc5c46)cc3)n2)cc1. The molecule has 0 aliphatic carbocycles. The molecule has 0 N–H and O–H groups in total. The van der Waals surface area contributed by atoms with Crippen molar-refractivity contribution in [1.29, 1.82) is 0 Å². The molecule has 0 bridgehead atoms. The van der Waals surface area contributed by atoms with E-state index in [1.165, 1.54) is 74.3 Å². The first-order valence-corrected chi connectivity index (χ1v) is 32.9. The molecule has 0 aliphatic rings. The fourth-order valence-electron chi connectivity index (χ4n) is 14.0. The van der Waals surface area contributed by atoms with Crippen molar-refractivity contribution in [3.8, 4) is 79.7 Å². The van der Waals surface area contributed by atoms with Gasteiger partial charge in [0.15, 0.2) is 34.9 Å². The minimum atomic E-state index is 0.632. The summed E-state index contributed by atoms with van der Waals surface area (Å²) in [5.74, 6) is 3.89. The van der Waals surface area contributed by atoms with Crippen LogP contribution in [0.25, 0.3) is 187 Å². The van der Waals surface area contributed by atoms with E-state index < -0.39 is 0 Å². The van der Waals surface area contributed by atoms with Crippen molar-refractivity contribution in [3.63, 3.8) is 0 Å². The van der Waals surface area contributed by atoms with Crippen LogP contribution >= 0.6 is 11.3 Å². The van der Waals surface area contributed by atoms with E-state index >= 15 is 0 Å². The van der Waals surface area contributed by atoms with Gasteiger partial charge in [0, 0.05) is 103 Å². The number of para-hydroxylation sites is 2. The van der Waals surface area contributed by atoms with Crippen LogP contribution in [0.5, 0.6) is 0 Å². The maximum absolute atomic E-state index is 6.49. The van der Waals surface area contributed by atoms with Crippen molar-refractivity contribution in [1.82, 2.24) is 39.0 Å². The maximum Gasteiger partial charge on any atom is 0.164 e. The molecule has 0 saturated carbocycles. The molecule has 448 valence electrons. The largest absolute Gasteiger partial charge is 0.456 e. The van der Waals surface area contributed by atoms with Crippen molar-refractivity contribution in [2.24, 2.45) is 0 Å². The van der Waals surface area contributed by atoms with Crippen molar-refractivity contribution in [2.75, 3.05) is 0 Å². The number of hydrogen-bond acceptors (Lipinski definition) is 8. The summed E-state index contributed by atoms with van der Waals surface area (Å²) in [5.41, 5.74) is 14.2. The first kappa shape index (κ1) is 54.9. The molecule has 0 atom stereocenters. The zero-order chi connectivity index (χ0) is 63.2. The molecule has 6 heterocycles. The Balaban J connectivity index is 0.000000135. The molecule has 0 saturated heterocycles. The number of benzene rings is 14. The van der Waals surface area contributed by atoms with E-state index in [2.05, 4.69) is 203 Å². The topological polar surface area (TPSA) is 100 Å². The molecule has 0 spiro atoms. The van der Waals surface area contributed by atoms with Crippen molar-refractivity contribution < 1.29 is 4.42 Å². The third kappa shape index (κ3) is 9.29. The highest BCUT2D eigenvalue weighted by molar-refractivity contribution is 7.26. The molecule has 96 heavy (non-hydrogen) atoms. The molecule has 0 aliphatic heterocycles. The number of nitrogens with zero attached hydrogens (tertiary/aromatic N) is 8. The normalized spacial score (nSPS) is 11.8. The lowest BCUT2D eigenvalue weighted by Crippen LogP contribution is -2.00. The Hall–Kier alpha value is -12.8. The van der Waals surface area contributed by atoms with E-state index in [4.69, 9.17) is 34.3 Å². The lowest BCUT2D eigenvalue weighted by atomic mass is 10.0. The molecule has 14 aromatic carbocycles. The molecule has 0 radical (unpaired) electrons. The van der Waals surface area contributed by atoms with Gasteiger partial charge in [-0.1, -0.05) is 218 Å². The second-order valence-corrected chi connectivity index (χ2v) is 25.2. The summed E-state index contributed by atoms with van der Waals surface area (Å²) < 4.78 is 13.8. The van der Waals surface area contributed by atoms with Gasteiger partial charge in [0.1, 0.15) is 11.2 Å². The standard InChI is InChI=1S/C43H26N4O.C43H26N4S/c2*1-3-12-28(13-4-1)41-44-42(29-14-5-2-6-15-29)46-43(45-41)30-19-22-31(23-20-30)47-36-18-10-9-17-33(36)34-25-35-39(26-37(34)47)48-38-24-21-27-11-7-8-16-32(27)40(35)38/h2*1-26H. The minimum absolute atomic E-state index is 0.632. The second kappa shape index (κ2) is 22.5.